The largest absolute Gasteiger partial charge is 0.459 e. The molecule has 1 aromatic heterocycles. The van der Waals surface area contributed by atoms with Gasteiger partial charge in [-0.3, -0.25) is 9.59 Å². The van der Waals surface area contributed by atoms with Gasteiger partial charge in [0.25, 0.3) is 5.91 Å². The molecule has 1 aromatic rings. The van der Waals surface area contributed by atoms with Gasteiger partial charge in [0.15, 0.2) is 5.76 Å². The molecule has 0 unspecified atom stereocenters. The summed E-state index contributed by atoms with van der Waals surface area (Å²) in [5.74, 6) is -0.410. The number of amides is 2. The van der Waals surface area contributed by atoms with Crippen LogP contribution in [0.15, 0.2) is 22.8 Å². The zero-order valence-electron chi connectivity index (χ0n) is 11.3. The average Bonchev–Trinajstić information content (AvgIpc) is 2.89. The maximum atomic E-state index is 12.0. The molecule has 0 fully saturated rings. The zero-order chi connectivity index (χ0) is 14.3. The molecule has 0 aliphatic rings. The molecule has 2 N–H and O–H groups in total. The molecule has 0 atom stereocenters. The summed E-state index contributed by atoms with van der Waals surface area (Å²) < 4.78 is 4.93. The molecule has 0 aliphatic carbocycles. The van der Waals surface area contributed by atoms with Crippen molar-refractivity contribution in [3.8, 4) is 0 Å². The second kappa shape index (κ2) is 7.58. The van der Waals surface area contributed by atoms with E-state index in [1.54, 1.807) is 11.0 Å². The number of carbonyl (C=O) groups is 2. The highest BCUT2D eigenvalue weighted by Gasteiger charge is 2.17. The highest BCUT2D eigenvalue weighted by molar-refractivity contribution is 5.94. The molecule has 0 bridgehead atoms. The van der Waals surface area contributed by atoms with E-state index < -0.39 is 5.91 Å². The lowest BCUT2D eigenvalue weighted by Gasteiger charge is -2.26. The smallest absolute Gasteiger partial charge is 0.287 e. The number of aliphatic hydroxyl groups is 1. The van der Waals surface area contributed by atoms with Crippen LogP contribution >= 0.6 is 0 Å². The normalized spacial score (nSPS) is 10.5. The molecule has 1 rings (SSSR count). The number of hydrogen-bond donors (Lipinski definition) is 2. The van der Waals surface area contributed by atoms with Gasteiger partial charge in [-0.05, 0) is 32.4 Å². The highest BCUT2D eigenvalue weighted by atomic mass is 16.3. The van der Waals surface area contributed by atoms with Gasteiger partial charge < -0.3 is 19.7 Å². The summed E-state index contributed by atoms with van der Waals surface area (Å²) >= 11 is 0. The molecule has 19 heavy (non-hydrogen) atoms. The quantitative estimate of drug-likeness (QED) is 0.759. The maximum absolute atomic E-state index is 12.0. The number of furan rings is 1. The SMILES string of the molecule is CC(C)N(CCCO)C(=O)CNC(=O)c1ccco1. The first-order valence-electron chi connectivity index (χ1n) is 6.28. The third-order valence-corrected chi connectivity index (χ3v) is 2.65. The Labute approximate surface area is 112 Å². The van der Waals surface area contributed by atoms with Crippen LogP contribution in [0, 0.1) is 0 Å². The number of hydrogen-bond acceptors (Lipinski definition) is 4. The molecule has 1 heterocycles. The van der Waals surface area contributed by atoms with E-state index in [4.69, 9.17) is 9.52 Å². The first-order chi connectivity index (χ1) is 9.06. The van der Waals surface area contributed by atoms with E-state index in [-0.39, 0.29) is 30.9 Å². The lowest BCUT2D eigenvalue weighted by molar-refractivity contribution is -0.131. The fourth-order valence-electron chi connectivity index (χ4n) is 1.66. The van der Waals surface area contributed by atoms with E-state index in [1.807, 2.05) is 13.8 Å². The minimum absolute atomic E-state index is 0.0274. The zero-order valence-corrected chi connectivity index (χ0v) is 11.3. The van der Waals surface area contributed by atoms with Gasteiger partial charge >= 0.3 is 0 Å². The Balaban J connectivity index is 2.46. The van der Waals surface area contributed by atoms with Crippen LogP contribution in [0.1, 0.15) is 30.8 Å². The lowest BCUT2D eigenvalue weighted by atomic mass is 10.2. The van der Waals surface area contributed by atoms with Crippen LogP contribution in [0.25, 0.3) is 0 Å². The van der Waals surface area contributed by atoms with Crippen LogP contribution in [-0.4, -0.2) is 47.6 Å². The molecular weight excluding hydrogens is 248 g/mol. The molecule has 106 valence electrons. The van der Waals surface area contributed by atoms with Gasteiger partial charge in [-0.2, -0.15) is 0 Å². The van der Waals surface area contributed by atoms with Crippen LogP contribution in [-0.2, 0) is 4.79 Å². The summed E-state index contributed by atoms with van der Waals surface area (Å²) in [7, 11) is 0. The van der Waals surface area contributed by atoms with Crippen LogP contribution in [0.5, 0.6) is 0 Å². The van der Waals surface area contributed by atoms with Crippen molar-refractivity contribution in [2.45, 2.75) is 26.3 Å². The number of rotatable bonds is 7. The van der Waals surface area contributed by atoms with Gasteiger partial charge in [0.2, 0.25) is 5.91 Å². The number of nitrogens with one attached hydrogen (secondary N) is 1. The highest BCUT2D eigenvalue weighted by Crippen LogP contribution is 2.02. The van der Waals surface area contributed by atoms with Crippen molar-refractivity contribution >= 4 is 11.8 Å². The Morgan fingerprint density at radius 3 is 2.74 bits per heavy atom. The van der Waals surface area contributed by atoms with Gasteiger partial charge in [0.05, 0.1) is 12.8 Å². The summed E-state index contributed by atoms with van der Waals surface area (Å²) in [6, 6.07) is 3.17. The predicted octanol–water partition coefficient (Wildman–Crippen LogP) is 0.629. The summed E-state index contributed by atoms with van der Waals surface area (Å²) in [5.41, 5.74) is 0. The molecule has 0 saturated carbocycles. The van der Waals surface area contributed by atoms with Gasteiger partial charge in [-0.15, -0.1) is 0 Å². The molecule has 0 spiro atoms. The molecule has 0 saturated heterocycles. The maximum Gasteiger partial charge on any atom is 0.287 e. The van der Waals surface area contributed by atoms with Crippen LogP contribution in [0.4, 0.5) is 0 Å². The molecule has 0 aliphatic heterocycles. The van der Waals surface area contributed by atoms with Crippen LogP contribution in [0.3, 0.4) is 0 Å². The van der Waals surface area contributed by atoms with Gasteiger partial charge in [-0.25, -0.2) is 0 Å². The van der Waals surface area contributed by atoms with Crippen molar-refractivity contribution in [3.63, 3.8) is 0 Å². The van der Waals surface area contributed by atoms with E-state index in [0.29, 0.717) is 13.0 Å². The third kappa shape index (κ3) is 4.75. The molecule has 0 radical (unpaired) electrons. The molecule has 6 heteroatoms. The fraction of sp³-hybridized carbons (Fsp3) is 0.538. The van der Waals surface area contributed by atoms with Crippen molar-refractivity contribution in [3.05, 3.63) is 24.2 Å². The minimum Gasteiger partial charge on any atom is -0.459 e. The summed E-state index contributed by atoms with van der Waals surface area (Å²) in [6.45, 7) is 4.22. The monoisotopic (exact) mass is 268 g/mol. The minimum atomic E-state index is -0.413. The molecule has 6 nitrogen and oxygen atoms in total. The fourth-order valence-corrected chi connectivity index (χ4v) is 1.66. The van der Waals surface area contributed by atoms with E-state index in [1.165, 1.54) is 12.3 Å². The Morgan fingerprint density at radius 2 is 2.21 bits per heavy atom. The van der Waals surface area contributed by atoms with Crippen molar-refractivity contribution < 1.29 is 19.1 Å². The molecule has 2 amide bonds. The van der Waals surface area contributed by atoms with Gasteiger partial charge in [-0.1, -0.05) is 0 Å². The number of carbonyl (C=O) groups excluding carboxylic acids is 2. The standard InChI is InChI=1S/C13H20N2O4/c1-10(2)15(6-4-7-16)12(17)9-14-13(18)11-5-3-8-19-11/h3,5,8,10,16H,4,6-7,9H2,1-2H3,(H,14,18). The van der Waals surface area contributed by atoms with E-state index in [9.17, 15) is 9.59 Å². The first-order valence-corrected chi connectivity index (χ1v) is 6.28. The number of nitrogens with zero attached hydrogens (tertiary/aromatic N) is 1. The summed E-state index contributed by atoms with van der Waals surface area (Å²) in [4.78, 5) is 25.2. The Morgan fingerprint density at radius 1 is 1.47 bits per heavy atom. The van der Waals surface area contributed by atoms with Crippen molar-refractivity contribution in [1.29, 1.82) is 0 Å². The van der Waals surface area contributed by atoms with E-state index in [2.05, 4.69) is 5.32 Å². The number of aliphatic hydroxyl groups excluding tert-OH is 1. The van der Waals surface area contributed by atoms with E-state index in [0.717, 1.165) is 0 Å². The molecular formula is C13H20N2O4. The summed E-state index contributed by atoms with van der Waals surface area (Å²) in [5, 5.41) is 11.3. The van der Waals surface area contributed by atoms with E-state index >= 15 is 0 Å². The van der Waals surface area contributed by atoms with Gasteiger partial charge in [0, 0.05) is 19.2 Å². The molecule has 0 aromatic carbocycles. The van der Waals surface area contributed by atoms with Crippen molar-refractivity contribution in [2.24, 2.45) is 0 Å². The predicted molar refractivity (Wildman–Crippen MR) is 69.6 cm³/mol. The average molecular weight is 268 g/mol. The second-order valence-electron chi connectivity index (χ2n) is 4.42. The van der Waals surface area contributed by atoms with Gasteiger partial charge in [0.1, 0.15) is 0 Å². The first kappa shape index (κ1) is 15.2. The Kier molecular flexibility index (Phi) is 6.08. The van der Waals surface area contributed by atoms with Crippen molar-refractivity contribution in [1.82, 2.24) is 10.2 Å². The summed E-state index contributed by atoms with van der Waals surface area (Å²) in [6.07, 6.45) is 1.93. The van der Waals surface area contributed by atoms with Crippen molar-refractivity contribution in [2.75, 3.05) is 19.7 Å². The lowest BCUT2D eigenvalue weighted by Crippen LogP contribution is -2.44. The Bertz CT molecular complexity index is 401. The third-order valence-electron chi connectivity index (χ3n) is 2.65. The van der Waals surface area contributed by atoms with Crippen LogP contribution in [0.2, 0.25) is 0 Å². The second-order valence-corrected chi connectivity index (χ2v) is 4.42. The van der Waals surface area contributed by atoms with Crippen LogP contribution < -0.4 is 5.32 Å². The topological polar surface area (TPSA) is 82.8 Å². The Hall–Kier alpha value is -1.82.